The number of hydrogen-bond donors (Lipinski definition) is 1. The van der Waals surface area contributed by atoms with Gasteiger partial charge in [-0.15, -0.1) is 0 Å². The Bertz CT molecular complexity index is 787. The number of nitro groups is 1. The topological polar surface area (TPSA) is 121 Å². The minimum atomic E-state index is -0.651. The molecule has 2 aromatic rings. The Labute approximate surface area is 130 Å². The molecule has 1 aromatic carbocycles. The summed E-state index contributed by atoms with van der Waals surface area (Å²) in [6.45, 7) is 0. The van der Waals surface area contributed by atoms with Crippen molar-refractivity contribution in [1.29, 1.82) is 0 Å². The van der Waals surface area contributed by atoms with Crippen LogP contribution in [0.5, 0.6) is 11.5 Å². The zero-order valence-corrected chi connectivity index (χ0v) is 12.3. The van der Waals surface area contributed by atoms with Crippen LogP contribution < -0.4 is 14.8 Å². The van der Waals surface area contributed by atoms with Crippen LogP contribution in [0, 0.1) is 10.1 Å². The molecule has 2 heterocycles. The summed E-state index contributed by atoms with van der Waals surface area (Å²) in [5, 5.41) is 18.0. The second-order valence-corrected chi connectivity index (χ2v) is 4.82. The number of rotatable bonds is 4. The number of nitro benzene ring substituents is 1. The Balaban J connectivity index is 2.20. The van der Waals surface area contributed by atoms with Crippen molar-refractivity contribution < 1.29 is 19.2 Å². The minimum Gasteiger partial charge on any atom is -0.493 e. The highest BCUT2D eigenvalue weighted by Crippen LogP contribution is 2.40. The number of nitrogens with zero attached hydrogens (tertiary/aromatic N) is 4. The molecule has 0 spiro atoms. The van der Waals surface area contributed by atoms with Crippen LogP contribution in [0.15, 0.2) is 18.5 Å². The number of anilines is 1. The van der Waals surface area contributed by atoms with Crippen molar-refractivity contribution in [3.05, 3.63) is 34.1 Å². The molecular formula is C13H13N5O5. The highest BCUT2D eigenvalue weighted by molar-refractivity contribution is 5.91. The largest absolute Gasteiger partial charge is 0.493 e. The lowest BCUT2D eigenvalue weighted by molar-refractivity contribution is -0.385. The number of amides is 1. The van der Waals surface area contributed by atoms with Gasteiger partial charge in [0.2, 0.25) is 11.9 Å². The molecule has 0 bridgehead atoms. The summed E-state index contributed by atoms with van der Waals surface area (Å²) in [6, 6.07) is 2.12. The quantitative estimate of drug-likeness (QED) is 0.662. The maximum atomic E-state index is 11.8. The Hall–Kier alpha value is -3.17. The molecular weight excluding hydrogens is 306 g/mol. The molecule has 1 N–H and O–H groups in total. The minimum absolute atomic E-state index is 0.00663. The molecule has 10 nitrogen and oxygen atoms in total. The summed E-state index contributed by atoms with van der Waals surface area (Å²) in [7, 11) is 2.83. The summed E-state index contributed by atoms with van der Waals surface area (Å²) in [6.07, 6.45) is 1.28. The highest BCUT2D eigenvalue weighted by Gasteiger charge is 2.33. The highest BCUT2D eigenvalue weighted by atomic mass is 16.6. The lowest BCUT2D eigenvalue weighted by Gasteiger charge is -2.24. The van der Waals surface area contributed by atoms with Gasteiger partial charge in [-0.3, -0.25) is 20.2 Å². The average Bonchev–Trinajstić information content (AvgIpc) is 3.00. The first-order chi connectivity index (χ1) is 11.0. The Morgan fingerprint density at radius 3 is 2.70 bits per heavy atom. The molecule has 3 rings (SSSR count). The van der Waals surface area contributed by atoms with Gasteiger partial charge in [0, 0.05) is 0 Å². The third kappa shape index (κ3) is 2.43. The molecule has 0 saturated carbocycles. The summed E-state index contributed by atoms with van der Waals surface area (Å²) in [4.78, 5) is 26.7. The van der Waals surface area contributed by atoms with E-state index in [-0.39, 0.29) is 29.7 Å². The lowest BCUT2D eigenvalue weighted by atomic mass is 9.99. The number of methoxy groups -OCH3 is 2. The van der Waals surface area contributed by atoms with E-state index in [1.54, 1.807) is 0 Å². The van der Waals surface area contributed by atoms with Crippen molar-refractivity contribution in [2.75, 3.05) is 19.5 Å². The van der Waals surface area contributed by atoms with Crippen molar-refractivity contribution in [1.82, 2.24) is 14.8 Å². The van der Waals surface area contributed by atoms with Crippen LogP contribution in [0.25, 0.3) is 0 Å². The smallest absolute Gasteiger partial charge is 0.278 e. The van der Waals surface area contributed by atoms with Crippen LogP contribution in [-0.4, -0.2) is 39.8 Å². The average molecular weight is 319 g/mol. The number of fused-ring (bicyclic) bond motifs is 1. The molecule has 1 aliphatic rings. The molecule has 1 aliphatic heterocycles. The van der Waals surface area contributed by atoms with E-state index in [1.165, 1.54) is 37.4 Å². The standard InChI is InChI=1S/C13H13N5O5/c1-22-10-3-7(9(18(20)21)4-11(10)23-2)8-5-12(19)16-13-14-6-15-17(8)13/h3-4,6,8H,5H2,1-2H3,(H,14,15,16,19). The van der Waals surface area contributed by atoms with Crippen LogP contribution in [0.2, 0.25) is 0 Å². The summed E-state index contributed by atoms with van der Waals surface area (Å²) >= 11 is 0. The van der Waals surface area contributed by atoms with Gasteiger partial charge in [-0.1, -0.05) is 0 Å². The molecule has 0 aliphatic carbocycles. The predicted molar refractivity (Wildman–Crippen MR) is 77.6 cm³/mol. The van der Waals surface area contributed by atoms with E-state index in [0.717, 1.165) is 0 Å². The number of benzene rings is 1. The molecule has 1 amide bonds. The second kappa shape index (κ2) is 5.55. The lowest BCUT2D eigenvalue weighted by Crippen LogP contribution is -2.29. The number of carbonyl (C=O) groups is 1. The number of hydrogen-bond acceptors (Lipinski definition) is 7. The number of nitrogens with one attached hydrogen (secondary N) is 1. The monoisotopic (exact) mass is 319 g/mol. The van der Waals surface area contributed by atoms with Crippen molar-refractivity contribution in [3.63, 3.8) is 0 Å². The van der Waals surface area contributed by atoms with Crippen molar-refractivity contribution in [2.24, 2.45) is 0 Å². The Kier molecular flexibility index (Phi) is 3.56. The summed E-state index contributed by atoms with van der Waals surface area (Å²) < 4.78 is 11.7. The van der Waals surface area contributed by atoms with Gasteiger partial charge >= 0.3 is 0 Å². The Morgan fingerprint density at radius 2 is 2.04 bits per heavy atom. The number of carbonyl (C=O) groups excluding carboxylic acids is 1. The third-order valence-corrected chi connectivity index (χ3v) is 3.59. The van der Waals surface area contributed by atoms with Crippen molar-refractivity contribution in [2.45, 2.75) is 12.5 Å². The SMILES string of the molecule is COc1cc(C2CC(=O)Nc3ncnn32)c([N+](=O)[O-])cc1OC. The van der Waals surface area contributed by atoms with Crippen LogP contribution in [-0.2, 0) is 4.79 Å². The molecule has 1 atom stereocenters. The van der Waals surface area contributed by atoms with E-state index in [2.05, 4.69) is 15.4 Å². The van der Waals surface area contributed by atoms with Gasteiger partial charge in [0.25, 0.3) is 5.69 Å². The Morgan fingerprint density at radius 1 is 1.35 bits per heavy atom. The van der Waals surface area contributed by atoms with Gasteiger partial charge in [-0.05, 0) is 6.07 Å². The first-order valence-electron chi connectivity index (χ1n) is 6.64. The van der Waals surface area contributed by atoms with Gasteiger partial charge < -0.3 is 9.47 Å². The van der Waals surface area contributed by atoms with E-state index in [0.29, 0.717) is 11.3 Å². The van der Waals surface area contributed by atoms with Gasteiger partial charge in [-0.2, -0.15) is 10.1 Å². The maximum Gasteiger partial charge on any atom is 0.278 e. The van der Waals surface area contributed by atoms with Gasteiger partial charge in [0.15, 0.2) is 11.5 Å². The van der Waals surface area contributed by atoms with Crippen molar-refractivity contribution >= 4 is 17.5 Å². The van der Waals surface area contributed by atoms with Gasteiger partial charge in [0.05, 0.1) is 43.2 Å². The first-order valence-corrected chi connectivity index (χ1v) is 6.64. The predicted octanol–water partition coefficient (Wildman–Crippen LogP) is 1.14. The van der Waals surface area contributed by atoms with E-state index in [1.807, 2.05) is 0 Å². The molecule has 1 aromatic heterocycles. The molecule has 120 valence electrons. The van der Waals surface area contributed by atoms with E-state index in [9.17, 15) is 14.9 Å². The summed E-state index contributed by atoms with van der Waals surface area (Å²) in [5.74, 6) is 0.526. The first kappa shape index (κ1) is 14.8. The molecule has 0 fully saturated rings. The van der Waals surface area contributed by atoms with E-state index in [4.69, 9.17) is 9.47 Å². The number of ether oxygens (including phenoxy) is 2. The fraction of sp³-hybridized carbons (Fsp3) is 0.308. The van der Waals surface area contributed by atoms with Crippen LogP contribution in [0.1, 0.15) is 18.0 Å². The molecule has 1 unspecified atom stereocenters. The second-order valence-electron chi connectivity index (χ2n) is 4.82. The van der Waals surface area contributed by atoms with Crippen molar-refractivity contribution in [3.8, 4) is 11.5 Å². The molecule has 0 saturated heterocycles. The van der Waals surface area contributed by atoms with Gasteiger partial charge in [-0.25, -0.2) is 4.68 Å². The van der Waals surface area contributed by atoms with E-state index >= 15 is 0 Å². The molecule has 10 heteroatoms. The van der Waals surface area contributed by atoms with E-state index < -0.39 is 11.0 Å². The normalized spacial score (nSPS) is 16.4. The fourth-order valence-corrected chi connectivity index (χ4v) is 2.56. The summed E-state index contributed by atoms with van der Waals surface area (Å²) in [5.41, 5.74) is 0.123. The zero-order chi connectivity index (χ0) is 16.6. The molecule has 23 heavy (non-hydrogen) atoms. The van der Waals surface area contributed by atoms with Crippen LogP contribution in [0.4, 0.5) is 11.6 Å². The number of aromatic nitrogens is 3. The molecule has 0 radical (unpaired) electrons. The zero-order valence-electron chi connectivity index (χ0n) is 12.3. The maximum absolute atomic E-state index is 11.8. The third-order valence-electron chi connectivity index (χ3n) is 3.59. The van der Waals surface area contributed by atoms with Crippen LogP contribution >= 0.6 is 0 Å². The van der Waals surface area contributed by atoms with Crippen LogP contribution in [0.3, 0.4) is 0 Å². The van der Waals surface area contributed by atoms with Gasteiger partial charge in [0.1, 0.15) is 6.33 Å². The fourth-order valence-electron chi connectivity index (χ4n) is 2.56.